The van der Waals surface area contributed by atoms with E-state index in [1.165, 1.54) is 6.92 Å². The van der Waals surface area contributed by atoms with Gasteiger partial charge in [-0.3, -0.25) is 14.4 Å². The average Bonchev–Trinajstić information content (AvgIpc) is 3.01. The summed E-state index contributed by atoms with van der Waals surface area (Å²) >= 11 is 0. The summed E-state index contributed by atoms with van der Waals surface area (Å²) in [5, 5.41) is 10.4. The molecule has 1 N–H and O–H groups in total. The predicted octanol–water partition coefficient (Wildman–Crippen LogP) is 4.72. The molecule has 0 bridgehead atoms. The number of carbonyl (C=O) groups excluding carboxylic acids is 3. The van der Waals surface area contributed by atoms with E-state index in [1.807, 2.05) is 19.1 Å². The lowest BCUT2D eigenvalue weighted by atomic mass is 9.88. The highest BCUT2D eigenvalue weighted by molar-refractivity contribution is 5.94. The summed E-state index contributed by atoms with van der Waals surface area (Å²) in [6.45, 7) is 5.16. The van der Waals surface area contributed by atoms with Gasteiger partial charge in [0.2, 0.25) is 0 Å². The van der Waals surface area contributed by atoms with E-state index in [1.54, 1.807) is 6.08 Å². The largest absolute Gasteiger partial charge is 0.458 e. The molecule has 164 valence electrons. The molecule has 0 fully saturated rings. The molecular weight excluding hydrogens is 368 g/mol. The highest BCUT2D eigenvalue weighted by Crippen LogP contribution is 2.29. The van der Waals surface area contributed by atoms with E-state index in [2.05, 4.69) is 13.0 Å². The van der Waals surface area contributed by atoms with Gasteiger partial charge in [-0.2, -0.15) is 0 Å². The number of carbonyl (C=O) groups is 3. The molecule has 0 radical (unpaired) electrons. The lowest BCUT2D eigenvalue weighted by molar-refractivity contribution is -0.145. The first kappa shape index (κ1) is 25.3. The highest BCUT2D eigenvalue weighted by Gasteiger charge is 2.28. The minimum atomic E-state index is -0.679. The third-order valence-corrected chi connectivity index (χ3v) is 5.45. The molecule has 5 nitrogen and oxygen atoms in total. The molecule has 0 aliphatic heterocycles. The van der Waals surface area contributed by atoms with Gasteiger partial charge in [0.25, 0.3) is 0 Å². The average molecular weight is 407 g/mol. The second kappa shape index (κ2) is 13.5. The van der Waals surface area contributed by atoms with Gasteiger partial charge < -0.3 is 9.84 Å². The lowest BCUT2D eigenvalue weighted by Crippen LogP contribution is -2.22. The lowest BCUT2D eigenvalue weighted by Gasteiger charge is -2.21. The van der Waals surface area contributed by atoms with Gasteiger partial charge in [0.15, 0.2) is 11.6 Å². The summed E-state index contributed by atoms with van der Waals surface area (Å²) in [6.07, 6.45) is 16.2. The maximum atomic E-state index is 12.2. The van der Waals surface area contributed by atoms with Crippen LogP contribution in [-0.2, 0) is 19.1 Å². The molecule has 1 aliphatic carbocycles. The number of allylic oxidation sites excluding steroid dienone is 3. The fourth-order valence-electron chi connectivity index (χ4n) is 3.62. The molecule has 0 aromatic rings. The van der Waals surface area contributed by atoms with Crippen LogP contribution in [0.25, 0.3) is 0 Å². The molecule has 0 aromatic carbocycles. The minimum Gasteiger partial charge on any atom is -0.458 e. The van der Waals surface area contributed by atoms with Gasteiger partial charge >= 0.3 is 5.97 Å². The molecule has 0 saturated carbocycles. The molecule has 1 unspecified atom stereocenters. The van der Waals surface area contributed by atoms with Crippen LogP contribution < -0.4 is 0 Å². The van der Waals surface area contributed by atoms with Crippen LogP contribution in [0, 0.1) is 11.8 Å². The van der Waals surface area contributed by atoms with E-state index in [-0.39, 0.29) is 30.0 Å². The van der Waals surface area contributed by atoms with Gasteiger partial charge in [-0.1, -0.05) is 57.3 Å². The zero-order valence-electron chi connectivity index (χ0n) is 18.3. The van der Waals surface area contributed by atoms with E-state index in [0.717, 1.165) is 51.4 Å². The van der Waals surface area contributed by atoms with Crippen LogP contribution >= 0.6 is 0 Å². The quantitative estimate of drug-likeness (QED) is 0.242. The van der Waals surface area contributed by atoms with Crippen LogP contribution in [0.15, 0.2) is 24.3 Å². The van der Waals surface area contributed by atoms with Crippen LogP contribution in [0.3, 0.4) is 0 Å². The molecule has 1 rings (SSSR count). The van der Waals surface area contributed by atoms with Crippen LogP contribution in [0.1, 0.15) is 85.0 Å². The van der Waals surface area contributed by atoms with E-state index >= 15 is 0 Å². The number of unbranched alkanes of at least 4 members (excludes halogenated alkanes) is 4. The van der Waals surface area contributed by atoms with Crippen LogP contribution in [0.4, 0.5) is 0 Å². The zero-order chi connectivity index (χ0) is 21.7. The Morgan fingerprint density at radius 1 is 1.21 bits per heavy atom. The van der Waals surface area contributed by atoms with E-state index in [0.29, 0.717) is 12.8 Å². The third-order valence-electron chi connectivity index (χ3n) is 5.45. The molecule has 0 spiro atoms. The topological polar surface area (TPSA) is 80.7 Å². The van der Waals surface area contributed by atoms with Crippen molar-refractivity contribution in [2.75, 3.05) is 6.61 Å². The zero-order valence-corrected chi connectivity index (χ0v) is 18.3. The Bertz CT molecular complexity index is 588. The smallest absolute Gasteiger partial charge is 0.303 e. The number of rotatable bonds is 15. The second-order valence-electron chi connectivity index (χ2n) is 8.45. The first-order chi connectivity index (χ1) is 13.7. The van der Waals surface area contributed by atoms with Gasteiger partial charge in [-0.05, 0) is 38.7 Å². The SMILES string of the molecule is CCCCC(C)(O)CC=C[C@H]1C=CC(=O)[C@@H]1CCCCCCC(=O)COC(C)=O. The number of Topliss-reactive ketones (excluding diaryl/α,β-unsaturated/α-hetero) is 1. The standard InChI is InChI=1S/C24H38O5/c1-4-5-16-24(3,28)17-10-11-20-14-15-23(27)22(20)13-9-7-6-8-12-21(26)18-29-19(2)25/h10-11,14-15,20,22,28H,4-9,12-13,16-18H2,1-3H3/t20-,22+,24?/m0/s1. The third kappa shape index (κ3) is 11.1. The van der Waals surface area contributed by atoms with Gasteiger partial charge in [-0.25, -0.2) is 0 Å². The molecule has 0 heterocycles. The molecular formula is C24H38O5. The highest BCUT2D eigenvalue weighted by atomic mass is 16.5. The number of ketones is 2. The Balaban J connectivity index is 2.27. The van der Waals surface area contributed by atoms with Gasteiger partial charge in [0.05, 0.1) is 5.60 Å². The minimum absolute atomic E-state index is 0.00237. The Hall–Kier alpha value is -1.75. The maximum Gasteiger partial charge on any atom is 0.303 e. The summed E-state index contributed by atoms with van der Waals surface area (Å²) in [4.78, 5) is 34.4. The van der Waals surface area contributed by atoms with Crippen LogP contribution in [0.5, 0.6) is 0 Å². The van der Waals surface area contributed by atoms with Crippen molar-refractivity contribution in [2.24, 2.45) is 11.8 Å². The number of aliphatic hydroxyl groups is 1. The predicted molar refractivity (Wildman–Crippen MR) is 114 cm³/mol. The molecule has 1 aliphatic rings. The second-order valence-corrected chi connectivity index (χ2v) is 8.45. The number of hydrogen-bond acceptors (Lipinski definition) is 5. The van der Waals surface area contributed by atoms with Crippen molar-refractivity contribution in [3.63, 3.8) is 0 Å². The van der Waals surface area contributed by atoms with Crippen LogP contribution in [-0.4, -0.2) is 34.9 Å². The Morgan fingerprint density at radius 3 is 2.62 bits per heavy atom. The summed E-state index contributed by atoms with van der Waals surface area (Å²) in [5.74, 6) is -0.169. The van der Waals surface area contributed by atoms with Crippen molar-refractivity contribution in [3.05, 3.63) is 24.3 Å². The van der Waals surface area contributed by atoms with Crippen molar-refractivity contribution >= 4 is 17.5 Å². The van der Waals surface area contributed by atoms with Crippen molar-refractivity contribution in [1.29, 1.82) is 0 Å². The summed E-state index contributed by atoms with van der Waals surface area (Å²) in [7, 11) is 0. The summed E-state index contributed by atoms with van der Waals surface area (Å²) in [5.41, 5.74) is -0.679. The normalized spacial score (nSPS) is 20.9. The molecule has 3 atom stereocenters. The number of ether oxygens (including phenoxy) is 1. The molecule has 29 heavy (non-hydrogen) atoms. The van der Waals surface area contributed by atoms with Crippen molar-refractivity contribution in [3.8, 4) is 0 Å². The summed E-state index contributed by atoms with van der Waals surface area (Å²) in [6, 6.07) is 0. The monoisotopic (exact) mass is 406 g/mol. The van der Waals surface area contributed by atoms with Crippen molar-refractivity contribution in [1.82, 2.24) is 0 Å². The van der Waals surface area contributed by atoms with Gasteiger partial charge in [-0.15, -0.1) is 0 Å². The Labute approximate surface area is 175 Å². The Morgan fingerprint density at radius 2 is 1.93 bits per heavy atom. The van der Waals surface area contributed by atoms with Crippen LogP contribution in [0.2, 0.25) is 0 Å². The fraction of sp³-hybridized carbons (Fsp3) is 0.708. The number of hydrogen-bond donors (Lipinski definition) is 1. The number of esters is 1. The van der Waals surface area contributed by atoms with E-state index < -0.39 is 11.6 Å². The van der Waals surface area contributed by atoms with E-state index in [4.69, 9.17) is 4.74 Å². The maximum absolute atomic E-state index is 12.2. The van der Waals surface area contributed by atoms with Crippen molar-refractivity contribution in [2.45, 2.75) is 90.6 Å². The van der Waals surface area contributed by atoms with Gasteiger partial charge in [0, 0.05) is 25.2 Å². The molecule has 0 amide bonds. The molecule has 0 aromatic heterocycles. The Kier molecular flexibility index (Phi) is 11.7. The van der Waals surface area contributed by atoms with Gasteiger partial charge in [0.1, 0.15) is 6.61 Å². The molecule has 0 saturated heterocycles. The first-order valence-electron chi connectivity index (χ1n) is 11.0. The van der Waals surface area contributed by atoms with E-state index in [9.17, 15) is 19.5 Å². The molecule has 5 heteroatoms. The summed E-state index contributed by atoms with van der Waals surface area (Å²) < 4.78 is 4.69. The fourth-order valence-corrected chi connectivity index (χ4v) is 3.62. The van der Waals surface area contributed by atoms with Crippen molar-refractivity contribution < 1.29 is 24.2 Å². The first-order valence-corrected chi connectivity index (χ1v) is 11.0.